The summed E-state index contributed by atoms with van der Waals surface area (Å²) in [5, 5.41) is 2.34. The molecule has 4 heteroatoms. The zero-order valence-electron chi connectivity index (χ0n) is 9.39. The molecule has 0 bridgehead atoms. The van der Waals surface area contributed by atoms with Crippen LogP contribution >= 0.6 is 0 Å². The van der Waals surface area contributed by atoms with E-state index in [2.05, 4.69) is 17.2 Å². The Kier molecular flexibility index (Phi) is 3.35. The lowest BCUT2D eigenvalue weighted by Gasteiger charge is -2.30. The smallest absolute Gasteiger partial charge is 0.309 e. The fraction of sp³-hybridized carbons (Fsp3) is 0.636. The van der Waals surface area contributed by atoms with Gasteiger partial charge in [-0.2, -0.15) is 0 Å². The first-order valence-corrected chi connectivity index (χ1v) is 5.09. The number of carbonyl (C=O) groups is 2. The molecule has 0 aromatic carbocycles. The van der Waals surface area contributed by atoms with E-state index in [1.54, 1.807) is 18.7 Å². The Bertz CT molecular complexity index is 340. The Morgan fingerprint density at radius 1 is 1.47 bits per heavy atom. The molecule has 82 valence electrons. The molecule has 3 amide bonds. The number of imide groups is 1. The van der Waals surface area contributed by atoms with Crippen molar-refractivity contribution in [1.82, 2.24) is 10.2 Å². The summed E-state index contributed by atoms with van der Waals surface area (Å²) >= 11 is 0. The maximum Gasteiger partial charge on any atom is 0.325 e. The largest absolute Gasteiger partial charge is 0.325 e. The molecule has 1 fully saturated rings. The van der Waals surface area contributed by atoms with Gasteiger partial charge in [0, 0.05) is 13.0 Å². The first-order valence-electron chi connectivity index (χ1n) is 5.09. The van der Waals surface area contributed by atoms with Gasteiger partial charge in [-0.15, -0.1) is 11.8 Å². The van der Waals surface area contributed by atoms with E-state index in [1.807, 2.05) is 6.92 Å². The number of hydrogen-bond acceptors (Lipinski definition) is 2. The minimum Gasteiger partial charge on any atom is -0.309 e. The van der Waals surface area contributed by atoms with Gasteiger partial charge in [-0.25, -0.2) is 4.79 Å². The quantitative estimate of drug-likeness (QED) is 0.558. The average molecular weight is 208 g/mol. The van der Waals surface area contributed by atoms with Crippen molar-refractivity contribution in [3.8, 4) is 11.8 Å². The minimum atomic E-state index is -0.702. The molecule has 1 aliphatic rings. The van der Waals surface area contributed by atoms with E-state index in [1.165, 1.54) is 0 Å². The van der Waals surface area contributed by atoms with Gasteiger partial charge in [0.25, 0.3) is 5.91 Å². The molecule has 0 spiro atoms. The Morgan fingerprint density at radius 2 is 2.13 bits per heavy atom. The summed E-state index contributed by atoms with van der Waals surface area (Å²) in [5.41, 5.74) is -0.702. The highest BCUT2D eigenvalue weighted by molar-refractivity contribution is 6.06. The van der Waals surface area contributed by atoms with E-state index in [4.69, 9.17) is 0 Å². The van der Waals surface area contributed by atoms with Gasteiger partial charge < -0.3 is 4.90 Å². The summed E-state index contributed by atoms with van der Waals surface area (Å²) in [5.74, 6) is 5.45. The molecule has 1 rings (SSSR count). The third-order valence-corrected chi connectivity index (χ3v) is 2.88. The van der Waals surface area contributed by atoms with Gasteiger partial charge >= 0.3 is 6.03 Å². The number of nitrogens with zero attached hydrogens (tertiary/aromatic N) is 1. The van der Waals surface area contributed by atoms with Gasteiger partial charge in [0.2, 0.25) is 0 Å². The van der Waals surface area contributed by atoms with Crippen LogP contribution in [-0.2, 0) is 4.79 Å². The Morgan fingerprint density at radius 3 is 2.67 bits per heavy atom. The van der Waals surface area contributed by atoms with E-state index in [0.717, 1.165) is 0 Å². The summed E-state index contributed by atoms with van der Waals surface area (Å²) in [7, 11) is 0. The van der Waals surface area contributed by atoms with Crippen molar-refractivity contribution >= 4 is 11.9 Å². The van der Waals surface area contributed by atoms with Crippen molar-refractivity contribution in [2.24, 2.45) is 0 Å². The van der Waals surface area contributed by atoms with Gasteiger partial charge in [-0.3, -0.25) is 10.1 Å². The normalized spacial score (nSPS) is 24.9. The van der Waals surface area contributed by atoms with Crippen molar-refractivity contribution < 1.29 is 9.59 Å². The molecule has 1 N–H and O–H groups in total. The highest BCUT2D eigenvalue weighted by atomic mass is 16.2. The number of amides is 3. The molecular formula is C11H16N2O2. The lowest BCUT2D eigenvalue weighted by atomic mass is 9.97. The third kappa shape index (κ3) is 1.96. The van der Waals surface area contributed by atoms with E-state index < -0.39 is 5.54 Å². The van der Waals surface area contributed by atoms with Crippen molar-refractivity contribution in [2.45, 2.75) is 39.2 Å². The number of rotatable bonds is 3. The lowest BCUT2D eigenvalue weighted by Crippen LogP contribution is -2.46. The molecule has 0 aromatic heterocycles. The Hall–Kier alpha value is -1.50. The fourth-order valence-corrected chi connectivity index (χ4v) is 1.64. The van der Waals surface area contributed by atoms with Gasteiger partial charge in [0.1, 0.15) is 5.54 Å². The Labute approximate surface area is 90.0 Å². The average Bonchev–Trinajstić information content (AvgIpc) is 2.42. The van der Waals surface area contributed by atoms with Crippen LogP contribution in [0.15, 0.2) is 0 Å². The highest BCUT2D eigenvalue weighted by Crippen LogP contribution is 2.24. The molecular weight excluding hydrogens is 192 g/mol. The lowest BCUT2D eigenvalue weighted by molar-refractivity contribution is -0.126. The second kappa shape index (κ2) is 4.35. The maximum absolute atomic E-state index is 11.6. The summed E-state index contributed by atoms with van der Waals surface area (Å²) in [6.45, 7) is 5.94. The molecule has 0 aliphatic carbocycles. The summed E-state index contributed by atoms with van der Waals surface area (Å²) < 4.78 is 0. The SMILES string of the molecule is CC#CCCN1C(=O)NC(=O)C1(C)CC. The number of urea groups is 1. The Balaban J connectivity index is 2.78. The zero-order valence-corrected chi connectivity index (χ0v) is 9.39. The predicted octanol–water partition coefficient (Wildman–Crippen LogP) is 1.12. The molecule has 1 atom stereocenters. The van der Waals surface area contributed by atoms with Gasteiger partial charge in [0.05, 0.1) is 0 Å². The monoisotopic (exact) mass is 208 g/mol. The van der Waals surface area contributed by atoms with Crippen LogP contribution in [0, 0.1) is 11.8 Å². The van der Waals surface area contributed by atoms with Crippen molar-refractivity contribution in [1.29, 1.82) is 0 Å². The second-order valence-corrected chi connectivity index (χ2v) is 3.72. The molecule has 1 heterocycles. The zero-order chi connectivity index (χ0) is 11.5. The second-order valence-electron chi connectivity index (χ2n) is 3.72. The van der Waals surface area contributed by atoms with Crippen LogP contribution in [0.2, 0.25) is 0 Å². The number of nitrogens with one attached hydrogen (secondary N) is 1. The topological polar surface area (TPSA) is 49.4 Å². The van der Waals surface area contributed by atoms with Crippen LogP contribution in [0.5, 0.6) is 0 Å². The first-order chi connectivity index (χ1) is 7.06. The van der Waals surface area contributed by atoms with Gasteiger partial charge in [-0.05, 0) is 20.3 Å². The molecule has 1 aliphatic heterocycles. The molecule has 0 radical (unpaired) electrons. The van der Waals surface area contributed by atoms with Crippen LogP contribution in [0.4, 0.5) is 4.79 Å². The van der Waals surface area contributed by atoms with E-state index in [9.17, 15) is 9.59 Å². The molecule has 0 aromatic rings. The van der Waals surface area contributed by atoms with E-state index >= 15 is 0 Å². The van der Waals surface area contributed by atoms with Crippen LogP contribution in [-0.4, -0.2) is 28.9 Å². The standard InChI is InChI=1S/C11H16N2O2/c1-4-6-7-8-13-10(15)12-9(14)11(13,3)5-2/h5,7-8H2,1-3H3,(H,12,14,15). The van der Waals surface area contributed by atoms with Crippen molar-refractivity contribution in [3.63, 3.8) is 0 Å². The number of hydrogen-bond donors (Lipinski definition) is 1. The van der Waals surface area contributed by atoms with Crippen LogP contribution in [0.1, 0.15) is 33.6 Å². The van der Waals surface area contributed by atoms with Crippen LogP contribution in [0.3, 0.4) is 0 Å². The first kappa shape index (κ1) is 11.6. The van der Waals surface area contributed by atoms with Gasteiger partial charge in [-0.1, -0.05) is 6.92 Å². The molecule has 4 nitrogen and oxygen atoms in total. The molecule has 0 saturated carbocycles. The van der Waals surface area contributed by atoms with Crippen LogP contribution in [0.25, 0.3) is 0 Å². The van der Waals surface area contributed by atoms with E-state index in [0.29, 0.717) is 19.4 Å². The summed E-state index contributed by atoms with van der Waals surface area (Å²) in [6, 6.07) is -0.303. The van der Waals surface area contributed by atoms with Crippen LogP contribution < -0.4 is 5.32 Å². The summed E-state index contributed by atoms with van der Waals surface area (Å²) in [6.07, 6.45) is 1.22. The minimum absolute atomic E-state index is 0.209. The fourth-order valence-electron chi connectivity index (χ4n) is 1.64. The van der Waals surface area contributed by atoms with E-state index in [-0.39, 0.29) is 11.9 Å². The third-order valence-electron chi connectivity index (χ3n) is 2.88. The number of carbonyl (C=O) groups excluding carboxylic acids is 2. The van der Waals surface area contributed by atoms with Crippen molar-refractivity contribution in [3.05, 3.63) is 0 Å². The molecule has 1 saturated heterocycles. The maximum atomic E-state index is 11.6. The molecule has 1 unspecified atom stereocenters. The highest BCUT2D eigenvalue weighted by Gasteiger charge is 2.47. The predicted molar refractivity (Wildman–Crippen MR) is 57.0 cm³/mol. The van der Waals surface area contributed by atoms with Crippen molar-refractivity contribution in [2.75, 3.05) is 6.54 Å². The van der Waals surface area contributed by atoms with Gasteiger partial charge in [0.15, 0.2) is 0 Å². The molecule has 15 heavy (non-hydrogen) atoms. The summed E-state index contributed by atoms with van der Waals surface area (Å²) in [4.78, 5) is 24.6.